The molecular weight excluding hydrogens is 294 g/mol. The smallest absolute Gasteiger partial charge is 0.339 e. The van der Waals surface area contributed by atoms with Crippen LogP contribution in [0.2, 0.25) is 0 Å². The SMILES string of the molecule is CCN(CC)c1ccc2cc(Cc3ccsc3)c(=O)oc2c1. The number of rotatable bonds is 5. The fraction of sp³-hybridized carbons (Fsp3) is 0.278. The van der Waals surface area contributed by atoms with Crippen LogP contribution in [0.5, 0.6) is 0 Å². The predicted octanol–water partition coefficient (Wildman–Crippen LogP) is 4.29. The van der Waals surface area contributed by atoms with E-state index in [1.54, 1.807) is 11.3 Å². The molecule has 0 spiro atoms. The summed E-state index contributed by atoms with van der Waals surface area (Å²) in [4.78, 5) is 14.4. The van der Waals surface area contributed by atoms with Crippen molar-refractivity contribution in [3.05, 3.63) is 62.6 Å². The molecule has 0 aliphatic heterocycles. The first kappa shape index (κ1) is 14.9. The summed E-state index contributed by atoms with van der Waals surface area (Å²) in [6, 6.07) is 10.1. The van der Waals surface area contributed by atoms with Crippen molar-refractivity contribution in [3.63, 3.8) is 0 Å². The molecular formula is C18H19NO2S. The van der Waals surface area contributed by atoms with Crippen molar-refractivity contribution >= 4 is 28.0 Å². The summed E-state index contributed by atoms with van der Waals surface area (Å²) in [6.07, 6.45) is 0.625. The Balaban J connectivity index is 2.00. The number of benzene rings is 1. The van der Waals surface area contributed by atoms with Crippen molar-refractivity contribution in [1.82, 2.24) is 0 Å². The van der Waals surface area contributed by atoms with Crippen molar-refractivity contribution < 1.29 is 4.42 Å². The first-order chi connectivity index (χ1) is 10.7. The molecule has 0 aliphatic rings. The van der Waals surface area contributed by atoms with E-state index in [1.165, 1.54) is 0 Å². The second-order valence-corrected chi connectivity index (χ2v) is 6.04. The molecule has 4 heteroatoms. The molecule has 3 aromatic rings. The number of nitrogens with zero attached hydrogens (tertiary/aromatic N) is 1. The maximum absolute atomic E-state index is 12.2. The van der Waals surface area contributed by atoms with Gasteiger partial charge in [0.25, 0.3) is 0 Å². The van der Waals surface area contributed by atoms with Crippen molar-refractivity contribution in [2.45, 2.75) is 20.3 Å². The molecule has 2 aromatic heterocycles. The van der Waals surface area contributed by atoms with Crippen molar-refractivity contribution in [2.24, 2.45) is 0 Å². The third-order valence-electron chi connectivity index (χ3n) is 3.89. The lowest BCUT2D eigenvalue weighted by atomic mass is 10.1. The van der Waals surface area contributed by atoms with E-state index in [1.807, 2.05) is 29.6 Å². The Morgan fingerprint density at radius 2 is 1.95 bits per heavy atom. The van der Waals surface area contributed by atoms with Crippen LogP contribution in [0.1, 0.15) is 25.0 Å². The first-order valence-corrected chi connectivity index (χ1v) is 8.48. The molecule has 0 bridgehead atoms. The highest BCUT2D eigenvalue weighted by atomic mass is 32.1. The summed E-state index contributed by atoms with van der Waals surface area (Å²) in [5.74, 6) is 0. The van der Waals surface area contributed by atoms with E-state index < -0.39 is 0 Å². The zero-order chi connectivity index (χ0) is 15.5. The van der Waals surface area contributed by atoms with Gasteiger partial charge in [0, 0.05) is 42.2 Å². The van der Waals surface area contributed by atoms with Gasteiger partial charge in [0.2, 0.25) is 0 Å². The fourth-order valence-electron chi connectivity index (χ4n) is 2.66. The van der Waals surface area contributed by atoms with Crippen LogP contribution >= 0.6 is 11.3 Å². The van der Waals surface area contributed by atoms with E-state index in [0.717, 1.165) is 29.7 Å². The molecule has 0 saturated heterocycles. The van der Waals surface area contributed by atoms with Crippen LogP contribution in [0.4, 0.5) is 5.69 Å². The summed E-state index contributed by atoms with van der Waals surface area (Å²) in [7, 11) is 0. The van der Waals surface area contributed by atoms with Gasteiger partial charge in [-0.05, 0) is 54.4 Å². The van der Waals surface area contributed by atoms with Crippen LogP contribution < -0.4 is 10.5 Å². The Hall–Kier alpha value is -2.07. The molecule has 2 heterocycles. The molecule has 0 radical (unpaired) electrons. The van der Waals surface area contributed by atoms with Crippen molar-refractivity contribution in [3.8, 4) is 0 Å². The maximum Gasteiger partial charge on any atom is 0.339 e. The molecule has 3 rings (SSSR count). The standard InChI is InChI=1S/C18H19NO2S/c1-3-19(4-2)16-6-5-14-10-15(9-13-7-8-22-12-13)18(20)21-17(14)11-16/h5-8,10-12H,3-4,9H2,1-2H3. The van der Waals surface area contributed by atoms with E-state index in [2.05, 4.69) is 30.2 Å². The minimum atomic E-state index is -0.240. The van der Waals surface area contributed by atoms with Gasteiger partial charge in [0.1, 0.15) is 5.58 Å². The van der Waals surface area contributed by atoms with E-state index >= 15 is 0 Å². The fourth-order valence-corrected chi connectivity index (χ4v) is 3.33. The van der Waals surface area contributed by atoms with Crippen LogP contribution in [-0.2, 0) is 6.42 Å². The minimum Gasteiger partial charge on any atom is -0.422 e. The number of anilines is 1. The van der Waals surface area contributed by atoms with Crippen molar-refractivity contribution in [2.75, 3.05) is 18.0 Å². The number of thiophene rings is 1. The van der Waals surface area contributed by atoms with E-state index in [4.69, 9.17) is 4.42 Å². The Bertz CT molecular complexity index is 817. The first-order valence-electron chi connectivity index (χ1n) is 7.54. The van der Waals surface area contributed by atoms with E-state index in [-0.39, 0.29) is 5.63 Å². The second-order valence-electron chi connectivity index (χ2n) is 5.26. The van der Waals surface area contributed by atoms with Gasteiger partial charge in [-0.25, -0.2) is 4.79 Å². The van der Waals surface area contributed by atoms with Gasteiger partial charge in [-0.1, -0.05) is 0 Å². The Labute approximate surface area is 133 Å². The summed E-state index contributed by atoms with van der Waals surface area (Å²) in [5, 5.41) is 5.06. The molecule has 114 valence electrons. The van der Waals surface area contributed by atoms with Crippen LogP contribution in [0.15, 0.2) is 50.3 Å². The minimum absolute atomic E-state index is 0.240. The van der Waals surface area contributed by atoms with Gasteiger partial charge in [-0.15, -0.1) is 0 Å². The second kappa shape index (κ2) is 6.36. The molecule has 1 aromatic carbocycles. The summed E-state index contributed by atoms with van der Waals surface area (Å²) in [6.45, 7) is 6.10. The lowest BCUT2D eigenvalue weighted by molar-refractivity contribution is 0.552. The maximum atomic E-state index is 12.2. The third-order valence-corrected chi connectivity index (χ3v) is 4.63. The molecule has 0 amide bonds. The number of hydrogen-bond acceptors (Lipinski definition) is 4. The highest BCUT2D eigenvalue weighted by Crippen LogP contribution is 2.22. The molecule has 0 saturated carbocycles. The zero-order valence-electron chi connectivity index (χ0n) is 12.8. The molecule has 22 heavy (non-hydrogen) atoms. The average molecular weight is 313 g/mol. The van der Waals surface area contributed by atoms with Crippen LogP contribution in [-0.4, -0.2) is 13.1 Å². The molecule has 0 N–H and O–H groups in total. The third kappa shape index (κ3) is 2.92. The van der Waals surface area contributed by atoms with Crippen LogP contribution in [0.3, 0.4) is 0 Å². The Kier molecular flexibility index (Phi) is 4.29. The highest BCUT2D eigenvalue weighted by Gasteiger charge is 2.09. The molecule has 0 atom stereocenters. The van der Waals surface area contributed by atoms with Crippen LogP contribution in [0, 0.1) is 0 Å². The summed E-state index contributed by atoms with van der Waals surface area (Å²) >= 11 is 1.64. The molecule has 0 aliphatic carbocycles. The van der Waals surface area contributed by atoms with Gasteiger partial charge in [-0.3, -0.25) is 0 Å². The summed E-state index contributed by atoms with van der Waals surface area (Å²) < 4.78 is 5.54. The van der Waals surface area contributed by atoms with Gasteiger partial charge in [0.05, 0.1) is 0 Å². The number of hydrogen-bond donors (Lipinski definition) is 0. The highest BCUT2D eigenvalue weighted by molar-refractivity contribution is 7.07. The predicted molar refractivity (Wildman–Crippen MR) is 93.2 cm³/mol. The summed E-state index contributed by atoms with van der Waals surface area (Å²) in [5.41, 5.74) is 3.36. The monoisotopic (exact) mass is 313 g/mol. The molecule has 0 fully saturated rings. The Morgan fingerprint density at radius 1 is 1.14 bits per heavy atom. The lowest BCUT2D eigenvalue weighted by Gasteiger charge is -2.21. The lowest BCUT2D eigenvalue weighted by Crippen LogP contribution is -2.21. The van der Waals surface area contributed by atoms with Crippen molar-refractivity contribution in [1.29, 1.82) is 0 Å². The van der Waals surface area contributed by atoms with Gasteiger partial charge in [0.15, 0.2) is 0 Å². The van der Waals surface area contributed by atoms with Gasteiger partial charge < -0.3 is 9.32 Å². The largest absolute Gasteiger partial charge is 0.422 e. The average Bonchev–Trinajstić information content (AvgIpc) is 3.02. The Morgan fingerprint density at radius 3 is 2.64 bits per heavy atom. The van der Waals surface area contributed by atoms with Gasteiger partial charge >= 0.3 is 5.63 Å². The molecule has 0 unspecified atom stereocenters. The number of fused-ring (bicyclic) bond motifs is 1. The zero-order valence-corrected chi connectivity index (χ0v) is 13.7. The molecule has 3 nitrogen and oxygen atoms in total. The normalized spacial score (nSPS) is 11.0. The van der Waals surface area contributed by atoms with Crippen LogP contribution in [0.25, 0.3) is 11.0 Å². The topological polar surface area (TPSA) is 33.5 Å². The van der Waals surface area contributed by atoms with E-state index in [9.17, 15) is 4.79 Å². The quantitative estimate of drug-likeness (QED) is 0.659. The van der Waals surface area contributed by atoms with E-state index in [0.29, 0.717) is 17.6 Å². The van der Waals surface area contributed by atoms with Gasteiger partial charge in [-0.2, -0.15) is 11.3 Å².